The van der Waals surface area contributed by atoms with E-state index in [1.54, 1.807) is 12.3 Å². The Morgan fingerprint density at radius 1 is 1.58 bits per heavy atom. The van der Waals surface area contributed by atoms with Crippen LogP contribution in [0.4, 0.5) is 0 Å². The molecule has 2 rings (SSSR count). The monoisotopic (exact) mass is 182 g/mol. The van der Waals surface area contributed by atoms with Crippen molar-refractivity contribution in [1.82, 2.24) is 9.97 Å². The fraction of sp³-hybridized carbons (Fsp3) is 0.250. The van der Waals surface area contributed by atoms with Crippen LogP contribution in [0, 0.1) is 0 Å². The van der Waals surface area contributed by atoms with Crippen LogP contribution in [0.5, 0.6) is 0 Å². The van der Waals surface area contributed by atoms with Gasteiger partial charge in [-0.25, -0.2) is 4.98 Å². The van der Waals surface area contributed by atoms with E-state index in [9.17, 15) is 0 Å². The van der Waals surface area contributed by atoms with Crippen molar-refractivity contribution in [3.63, 3.8) is 0 Å². The molecule has 0 aliphatic heterocycles. The van der Waals surface area contributed by atoms with Gasteiger partial charge in [0.05, 0.1) is 0 Å². The van der Waals surface area contributed by atoms with E-state index in [1.165, 1.54) is 0 Å². The lowest BCUT2D eigenvalue weighted by molar-refractivity contribution is 0.531. The number of nitrogens with zero attached hydrogens (tertiary/aromatic N) is 2. The largest absolute Gasteiger partial charge is 0.437 e. The summed E-state index contributed by atoms with van der Waals surface area (Å²) in [4.78, 5) is 8.12. The number of aromatic nitrogens is 2. The molecule has 0 fully saturated rings. The number of fused-ring (bicyclic) bond motifs is 1. The first-order chi connectivity index (χ1) is 5.77. The zero-order chi connectivity index (χ0) is 8.55. The Bertz CT molecular complexity index is 364. The van der Waals surface area contributed by atoms with Crippen molar-refractivity contribution in [1.29, 1.82) is 0 Å². The van der Waals surface area contributed by atoms with Gasteiger partial charge in [-0.1, -0.05) is 0 Å². The maximum Gasteiger partial charge on any atom is 0.214 e. The second-order valence-corrected chi connectivity index (χ2v) is 3.15. The number of rotatable bonds is 1. The molecule has 0 aromatic carbocycles. The number of hydrogen-bond donors (Lipinski definition) is 0. The first kappa shape index (κ1) is 7.55. The van der Waals surface area contributed by atoms with Crippen LogP contribution in [0.1, 0.15) is 18.2 Å². The smallest absolute Gasteiger partial charge is 0.214 e. The van der Waals surface area contributed by atoms with Crippen molar-refractivity contribution in [2.24, 2.45) is 0 Å². The SMILES string of the molecule is CC(Cl)c1nc2ncccc2o1. The Morgan fingerprint density at radius 2 is 2.42 bits per heavy atom. The zero-order valence-electron chi connectivity index (χ0n) is 6.49. The lowest BCUT2D eigenvalue weighted by Crippen LogP contribution is -1.82. The molecule has 0 aliphatic rings. The van der Waals surface area contributed by atoms with Crippen molar-refractivity contribution in [3.8, 4) is 0 Å². The van der Waals surface area contributed by atoms with Gasteiger partial charge in [0.15, 0.2) is 11.2 Å². The third-order valence-corrected chi connectivity index (χ3v) is 1.71. The highest BCUT2D eigenvalue weighted by Gasteiger charge is 2.10. The molecule has 0 bridgehead atoms. The standard InChI is InChI=1S/C8H7ClN2O/c1-5(9)8-11-7-6(12-8)3-2-4-10-7/h2-5H,1H3. The molecular formula is C8H7ClN2O. The summed E-state index contributed by atoms with van der Waals surface area (Å²) in [6.45, 7) is 1.81. The summed E-state index contributed by atoms with van der Waals surface area (Å²) in [5, 5.41) is -0.209. The second-order valence-electron chi connectivity index (χ2n) is 2.49. The van der Waals surface area contributed by atoms with Crippen LogP contribution in [0.2, 0.25) is 0 Å². The van der Waals surface area contributed by atoms with E-state index in [2.05, 4.69) is 9.97 Å². The molecule has 2 aromatic rings. The van der Waals surface area contributed by atoms with E-state index >= 15 is 0 Å². The molecule has 0 saturated heterocycles. The molecule has 0 spiro atoms. The molecule has 3 nitrogen and oxygen atoms in total. The lowest BCUT2D eigenvalue weighted by Gasteiger charge is -1.90. The third-order valence-electron chi connectivity index (χ3n) is 1.52. The van der Waals surface area contributed by atoms with Gasteiger partial charge >= 0.3 is 0 Å². The number of oxazole rings is 1. The number of hydrogen-bond acceptors (Lipinski definition) is 3. The molecular weight excluding hydrogens is 176 g/mol. The van der Waals surface area contributed by atoms with E-state index < -0.39 is 0 Å². The molecule has 12 heavy (non-hydrogen) atoms. The van der Waals surface area contributed by atoms with Crippen LogP contribution in [-0.4, -0.2) is 9.97 Å². The molecule has 1 unspecified atom stereocenters. The molecule has 0 N–H and O–H groups in total. The Kier molecular flexibility index (Phi) is 1.73. The Morgan fingerprint density at radius 3 is 3.08 bits per heavy atom. The normalized spacial score (nSPS) is 13.5. The van der Waals surface area contributed by atoms with Crippen molar-refractivity contribution in [3.05, 3.63) is 24.2 Å². The van der Waals surface area contributed by atoms with Gasteiger partial charge in [-0.15, -0.1) is 11.6 Å². The first-order valence-corrected chi connectivity index (χ1v) is 4.06. The fourth-order valence-electron chi connectivity index (χ4n) is 0.956. The molecule has 0 amide bonds. The summed E-state index contributed by atoms with van der Waals surface area (Å²) >= 11 is 5.79. The van der Waals surface area contributed by atoms with Crippen molar-refractivity contribution in [2.75, 3.05) is 0 Å². The van der Waals surface area contributed by atoms with Gasteiger partial charge in [0.25, 0.3) is 0 Å². The maximum absolute atomic E-state index is 5.79. The zero-order valence-corrected chi connectivity index (χ0v) is 7.25. The number of pyridine rings is 1. The number of halogens is 1. The Labute approximate surface area is 74.4 Å². The van der Waals surface area contributed by atoms with E-state index in [4.69, 9.17) is 16.0 Å². The molecule has 1 atom stereocenters. The highest BCUT2D eigenvalue weighted by atomic mass is 35.5. The molecule has 62 valence electrons. The lowest BCUT2D eigenvalue weighted by atomic mass is 10.5. The minimum atomic E-state index is -0.209. The van der Waals surface area contributed by atoms with E-state index in [0.717, 1.165) is 0 Å². The van der Waals surface area contributed by atoms with Gasteiger partial charge in [-0.05, 0) is 19.1 Å². The fourth-order valence-corrected chi connectivity index (χ4v) is 1.05. The minimum absolute atomic E-state index is 0.209. The summed E-state index contributed by atoms with van der Waals surface area (Å²) in [5.41, 5.74) is 1.29. The predicted octanol–water partition coefficient (Wildman–Crippen LogP) is 2.52. The summed E-state index contributed by atoms with van der Waals surface area (Å²) in [6, 6.07) is 3.62. The Hall–Kier alpha value is -1.09. The van der Waals surface area contributed by atoms with Gasteiger partial charge in [-0.2, -0.15) is 4.98 Å². The topological polar surface area (TPSA) is 38.9 Å². The van der Waals surface area contributed by atoms with E-state index in [1.807, 2.05) is 13.0 Å². The third kappa shape index (κ3) is 1.16. The highest BCUT2D eigenvalue weighted by molar-refractivity contribution is 6.20. The predicted molar refractivity (Wildman–Crippen MR) is 46.1 cm³/mol. The molecule has 0 saturated carbocycles. The van der Waals surface area contributed by atoms with Crippen molar-refractivity contribution in [2.45, 2.75) is 12.3 Å². The van der Waals surface area contributed by atoms with Gasteiger partial charge in [-0.3, -0.25) is 0 Å². The van der Waals surface area contributed by atoms with E-state index in [-0.39, 0.29) is 5.38 Å². The van der Waals surface area contributed by atoms with Gasteiger partial charge in [0, 0.05) is 6.20 Å². The average molecular weight is 183 g/mol. The quantitative estimate of drug-likeness (QED) is 0.637. The van der Waals surface area contributed by atoms with Crippen LogP contribution >= 0.6 is 11.6 Å². The summed E-state index contributed by atoms with van der Waals surface area (Å²) < 4.78 is 5.32. The maximum atomic E-state index is 5.79. The van der Waals surface area contributed by atoms with Gasteiger partial charge < -0.3 is 4.42 Å². The van der Waals surface area contributed by atoms with Gasteiger partial charge in [0.2, 0.25) is 5.89 Å². The summed E-state index contributed by atoms with van der Waals surface area (Å²) in [7, 11) is 0. The molecule has 2 heterocycles. The summed E-state index contributed by atoms with van der Waals surface area (Å²) in [6.07, 6.45) is 1.67. The van der Waals surface area contributed by atoms with Crippen LogP contribution in [0.25, 0.3) is 11.2 Å². The van der Waals surface area contributed by atoms with Crippen LogP contribution in [-0.2, 0) is 0 Å². The van der Waals surface area contributed by atoms with Crippen LogP contribution < -0.4 is 0 Å². The summed E-state index contributed by atoms with van der Waals surface area (Å²) in [5.74, 6) is 0.519. The number of alkyl halides is 1. The van der Waals surface area contributed by atoms with E-state index in [0.29, 0.717) is 17.1 Å². The molecule has 2 aromatic heterocycles. The van der Waals surface area contributed by atoms with Gasteiger partial charge in [0.1, 0.15) is 5.38 Å². The Balaban J connectivity index is 2.62. The average Bonchev–Trinajstić information content (AvgIpc) is 2.46. The minimum Gasteiger partial charge on any atom is -0.437 e. The van der Waals surface area contributed by atoms with Crippen LogP contribution in [0.15, 0.2) is 22.7 Å². The van der Waals surface area contributed by atoms with Crippen molar-refractivity contribution >= 4 is 22.8 Å². The van der Waals surface area contributed by atoms with Crippen LogP contribution in [0.3, 0.4) is 0 Å². The van der Waals surface area contributed by atoms with Crippen molar-refractivity contribution < 1.29 is 4.42 Å². The molecule has 4 heteroatoms. The second kappa shape index (κ2) is 2.75. The molecule has 0 aliphatic carbocycles. The highest BCUT2D eigenvalue weighted by Crippen LogP contribution is 2.21. The molecule has 0 radical (unpaired) electrons. The first-order valence-electron chi connectivity index (χ1n) is 3.63.